The molecule has 2 aliphatic rings. The number of H-pyrrole nitrogens is 1. The van der Waals surface area contributed by atoms with Crippen LogP contribution in [-0.2, 0) is 16.0 Å². The van der Waals surface area contributed by atoms with Crippen LogP contribution in [-0.4, -0.2) is 69.7 Å². The van der Waals surface area contributed by atoms with Gasteiger partial charge in [-0.05, 0) is 49.5 Å². The van der Waals surface area contributed by atoms with Crippen molar-refractivity contribution in [1.29, 1.82) is 0 Å². The maximum absolute atomic E-state index is 11.5. The Bertz CT molecular complexity index is 954. The fourth-order valence-electron chi connectivity index (χ4n) is 4.18. The van der Waals surface area contributed by atoms with E-state index in [2.05, 4.69) is 21.2 Å². The molecular formula is C21H24F3N3O5. The van der Waals surface area contributed by atoms with Gasteiger partial charge in [-0.25, -0.2) is 9.59 Å². The Morgan fingerprint density at radius 2 is 1.84 bits per heavy atom. The number of benzene rings is 1. The summed E-state index contributed by atoms with van der Waals surface area (Å²) in [6, 6.07) is 10.2. The number of rotatable bonds is 3. The minimum absolute atomic E-state index is 0.172. The van der Waals surface area contributed by atoms with Gasteiger partial charge in [-0.2, -0.15) is 18.3 Å². The van der Waals surface area contributed by atoms with Gasteiger partial charge in [0, 0.05) is 17.7 Å². The minimum Gasteiger partial charge on any atom is -0.475 e. The number of ether oxygens (including phenoxy) is 1. The number of hydrogen-bond donors (Lipinski definition) is 3. The van der Waals surface area contributed by atoms with Crippen molar-refractivity contribution >= 4 is 11.9 Å². The second-order valence-corrected chi connectivity index (χ2v) is 7.73. The number of fused-ring (bicyclic) bond motifs is 1. The number of esters is 1. The Morgan fingerprint density at radius 3 is 2.41 bits per heavy atom. The van der Waals surface area contributed by atoms with Crippen LogP contribution < -0.4 is 0 Å². The number of aromatic amines is 1. The average molecular weight is 455 g/mol. The number of aliphatic carboxylic acids is 1. The molecule has 0 bridgehead atoms. The molecule has 11 heteroatoms. The monoisotopic (exact) mass is 455 g/mol. The van der Waals surface area contributed by atoms with E-state index in [1.807, 2.05) is 18.2 Å². The minimum atomic E-state index is -5.08. The van der Waals surface area contributed by atoms with E-state index in [1.54, 1.807) is 6.07 Å². The van der Waals surface area contributed by atoms with E-state index >= 15 is 0 Å². The number of aliphatic hydroxyl groups excluding tert-OH is 1. The number of nitrogens with one attached hydrogen (secondary N) is 1. The van der Waals surface area contributed by atoms with E-state index in [-0.39, 0.29) is 6.04 Å². The highest BCUT2D eigenvalue weighted by atomic mass is 19.4. The molecule has 1 fully saturated rings. The molecule has 8 nitrogen and oxygen atoms in total. The number of carbonyl (C=O) groups excluding carboxylic acids is 1. The lowest BCUT2D eigenvalue weighted by molar-refractivity contribution is -0.192. The first-order valence-corrected chi connectivity index (χ1v) is 10.1. The van der Waals surface area contributed by atoms with Gasteiger partial charge in [-0.3, -0.25) is 10.00 Å². The van der Waals surface area contributed by atoms with Crippen molar-refractivity contribution in [2.75, 3.05) is 20.2 Å². The first-order chi connectivity index (χ1) is 15.1. The summed E-state index contributed by atoms with van der Waals surface area (Å²) in [4.78, 5) is 22.8. The summed E-state index contributed by atoms with van der Waals surface area (Å²) < 4.78 is 36.4. The second-order valence-electron chi connectivity index (χ2n) is 7.73. The number of carboxylic acids is 1. The van der Waals surface area contributed by atoms with Crippen LogP contribution in [0, 0.1) is 0 Å². The first-order valence-electron chi connectivity index (χ1n) is 10.1. The van der Waals surface area contributed by atoms with Gasteiger partial charge < -0.3 is 14.9 Å². The molecule has 0 saturated carbocycles. The number of alkyl halides is 3. The molecule has 1 aromatic carbocycles. The molecular weight excluding hydrogens is 431 g/mol. The van der Waals surface area contributed by atoms with Crippen LogP contribution in [0.25, 0.3) is 0 Å². The topological polar surface area (TPSA) is 116 Å². The number of piperidine rings is 1. The Balaban J connectivity index is 0.000000360. The summed E-state index contributed by atoms with van der Waals surface area (Å²) in [5.41, 5.74) is 3.67. The van der Waals surface area contributed by atoms with Crippen LogP contribution >= 0.6 is 0 Å². The number of aliphatic hydroxyl groups is 1. The lowest BCUT2D eigenvalue weighted by atomic mass is 9.92. The van der Waals surface area contributed by atoms with Crippen molar-refractivity contribution < 1.29 is 37.7 Å². The van der Waals surface area contributed by atoms with E-state index in [4.69, 9.17) is 14.6 Å². The summed E-state index contributed by atoms with van der Waals surface area (Å²) in [5, 5.41) is 24.8. The molecule has 32 heavy (non-hydrogen) atoms. The number of carbonyl (C=O) groups is 2. The van der Waals surface area contributed by atoms with Crippen molar-refractivity contribution in [3.63, 3.8) is 0 Å². The van der Waals surface area contributed by atoms with Gasteiger partial charge in [0.05, 0.1) is 13.2 Å². The first kappa shape index (κ1) is 23.7. The van der Waals surface area contributed by atoms with E-state index < -0.39 is 24.2 Å². The Morgan fingerprint density at radius 1 is 1.22 bits per heavy atom. The van der Waals surface area contributed by atoms with Gasteiger partial charge in [0.15, 0.2) is 5.69 Å². The molecule has 0 spiro atoms. The number of likely N-dealkylation sites (tertiary alicyclic amines) is 1. The van der Waals surface area contributed by atoms with Gasteiger partial charge in [0.2, 0.25) is 0 Å². The highest BCUT2D eigenvalue weighted by Crippen LogP contribution is 2.37. The molecule has 1 aliphatic heterocycles. The third-order valence-electron chi connectivity index (χ3n) is 5.84. The lowest BCUT2D eigenvalue weighted by Crippen LogP contribution is -2.43. The van der Waals surface area contributed by atoms with Gasteiger partial charge in [0.25, 0.3) is 0 Å². The van der Waals surface area contributed by atoms with Crippen molar-refractivity contribution in [2.24, 2.45) is 0 Å². The third kappa shape index (κ3) is 5.28. The summed E-state index contributed by atoms with van der Waals surface area (Å²) in [7, 11) is 1.36. The summed E-state index contributed by atoms with van der Waals surface area (Å²) in [5.74, 6) is -2.80. The van der Waals surface area contributed by atoms with Crippen LogP contribution in [0.3, 0.4) is 0 Å². The Labute approximate surface area is 182 Å². The molecule has 4 rings (SSSR count). The molecule has 0 radical (unpaired) electrons. The fraction of sp³-hybridized carbons (Fsp3) is 0.476. The number of nitrogens with zero attached hydrogens (tertiary/aromatic N) is 2. The SMILES string of the molecule is COC(=O)c1cc(C2CCN(C3Cc4ccccc4[C@@H]3O)CC2)[nH]n1.O=C(O)C(F)(F)F. The number of methoxy groups -OCH3 is 1. The van der Waals surface area contributed by atoms with Crippen molar-refractivity contribution in [2.45, 2.75) is 43.5 Å². The predicted molar refractivity (Wildman–Crippen MR) is 106 cm³/mol. The van der Waals surface area contributed by atoms with Crippen LogP contribution in [0.2, 0.25) is 0 Å². The standard InChI is InChI=1S/C19H23N3O3.C2HF3O2/c1-25-19(24)16-11-15(20-21-16)12-6-8-22(9-7-12)17-10-13-4-2-3-5-14(13)18(17)23;3-2(4,5)1(6)7/h2-5,11-12,17-18,23H,6-10H2,1H3,(H,20,21);(H,6,7)/t17?,18-;/m0./s1. The van der Waals surface area contributed by atoms with Gasteiger partial charge in [0.1, 0.15) is 0 Å². The summed E-state index contributed by atoms with van der Waals surface area (Å²) >= 11 is 0. The largest absolute Gasteiger partial charge is 0.490 e. The number of aromatic nitrogens is 2. The Hall–Kier alpha value is -2.92. The van der Waals surface area contributed by atoms with Crippen molar-refractivity contribution in [3.8, 4) is 0 Å². The normalized spacial score (nSPS) is 21.4. The van der Waals surface area contributed by atoms with Gasteiger partial charge in [-0.15, -0.1) is 0 Å². The highest BCUT2D eigenvalue weighted by Gasteiger charge is 2.38. The second kappa shape index (κ2) is 9.70. The molecule has 2 atom stereocenters. The molecule has 1 aliphatic carbocycles. The molecule has 1 unspecified atom stereocenters. The smallest absolute Gasteiger partial charge is 0.475 e. The zero-order valence-electron chi connectivity index (χ0n) is 17.3. The molecule has 2 aromatic rings. The molecule has 1 aromatic heterocycles. The highest BCUT2D eigenvalue weighted by molar-refractivity contribution is 5.87. The van der Waals surface area contributed by atoms with Crippen LogP contribution in [0.4, 0.5) is 13.2 Å². The summed E-state index contributed by atoms with van der Waals surface area (Å²) in [6.45, 7) is 1.87. The molecule has 174 valence electrons. The average Bonchev–Trinajstić information content (AvgIpc) is 3.39. The number of hydrogen-bond acceptors (Lipinski definition) is 6. The van der Waals surface area contributed by atoms with Crippen LogP contribution in [0.5, 0.6) is 0 Å². The van der Waals surface area contributed by atoms with Crippen LogP contribution in [0.1, 0.15) is 52.2 Å². The molecule has 2 heterocycles. The fourth-order valence-corrected chi connectivity index (χ4v) is 4.18. The number of halogens is 3. The Kier molecular flexibility index (Phi) is 7.19. The third-order valence-corrected chi connectivity index (χ3v) is 5.84. The van der Waals surface area contributed by atoms with Gasteiger partial charge in [-0.1, -0.05) is 24.3 Å². The van der Waals surface area contributed by atoms with Crippen molar-refractivity contribution in [3.05, 3.63) is 52.8 Å². The molecule has 3 N–H and O–H groups in total. The summed E-state index contributed by atoms with van der Waals surface area (Å²) in [6.07, 6.45) is -2.59. The van der Waals surface area contributed by atoms with Crippen LogP contribution in [0.15, 0.2) is 30.3 Å². The molecule has 0 amide bonds. The zero-order valence-corrected chi connectivity index (χ0v) is 17.3. The molecule has 1 saturated heterocycles. The lowest BCUT2D eigenvalue weighted by Gasteiger charge is -2.37. The maximum atomic E-state index is 11.5. The van der Waals surface area contributed by atoms with E-state index in [9.17, 15) is 23.1 Å². The van der Waals surface area contributed by atoms with E-state index in [0.29, 0.717) is 11.6 Å². The zero-order chi connectivity index (χ0) is 23.5. The van der Waals surface area contributed by atoms with E-state index in [0.717, 1.165) is 43.6 Å². The number of carboxylic acid groups (broad SMARTS) is 1. The maximum Gasteiger partial charge on any atom is 0.490 e. The quantitative estimate of drug-likeness (QED) is 0.610. The van der Waals surface area contributed by atoms with Gasteiger partial charge >= 0.3 is 18.1 Å². The van der Waals surface area contributed by atoms with E-state index in [1.165, 1.54) is 12.7 Å². The van der Waals surface area contributed by atoms with Crippen molar-refractivity contribution in [1.82, 2.24) is 15.1 Å². The predicted octanol–water partition coefficient (Wildman–Crippen LogP) is 2.67.